The van der Waals surface area contributed by atoms with E-state index in [4.69, 9.17) is 16.4 Å². The van der Waals surface area contributed by atoms with Crippen molar-refractivity contribution in [3.8, 4) is 39.1 Å². The molecule has 0 spiro atoms. The maximum absolute atomic E-state index is 9.35. The van der Waals surface area contributed by atoms with Gasteiger partial charge >= 0.3 is 0 Å². The lowest BCUT2D eigenvalue weighted by atomic mass is 9.84. The van der Waals surface area contributed by atoms with E-state index in [9.17, 15) is 5.48 Å². The van der Waals surface area contributed by atoms with Gasteiger partial charge in [-0.1, -0.05) is 127 Å². The van der Waals surface area contributed by atoms with Gasteiger partial charge in [0.25, 0.3) is 0 Å². The number of fused-ring (bicyclic) bond motifs is 3. The number of aryl methyl sites for hydroxylation is 1. The molecule has 1 heterocycles. The van der Waals surface area contributed by atoms with Gasteiger partial charge in [-0.05, 0) is 86.0 Å². The maximum Gasteiger partial charge on any atom is 0.111 e. The summed E-state index contributed by atoms with van der Waals surface area (Å²) in [6, 6.07) is 11.6. The molecule has 8 rings (SSSR count). The van der Waals surface area contributed by atoms with Crippen molar-refractivity contribution in [3.05, 3.63) is 157 Å². The molecule has 0 aliphatic rings. The third-order valence-corrected chi connectivity index (χ3v) is 7.29. The maximum atomic E-state index is 9.35. The van der Waals surface area contributed by atoms with Crippen LogP contribution in [0, 0.1) is 6.85 Å². The summed E-state index contributed by atoms with van der Waals surface area (Å²) in [4.78, 5) is 4.40. The number of nitrogens with zero attached hydrogens (tertiary/aromatic N) is 2. The molecule has 2 nitrogen and oxygen atoms in total. The van der Waals surface area contributed by atoms with Crippen molar-refractivity contribution in [1.82, 2.24) is 9.55 Å². The van der Waals surface area contributed by atoms with Gasteiger partial charge in [0.2, 0.25) is 0 Å². The molecule has 0 bridgehead atoms. The van der Waals surface area contributed by atoms with E-state index in [1.807, 2.05) is 0 Å². The van der Waals surface area contributed by atoms with Crippen molar-refractivity contribution in [2.45, 2.75) is 6.85 Å². The predicted octanol–water partition coefficient (Wildman–Crippen LogP) is 10.6. The molecule has 1 aromatic heterocycles. The third-order valence-electron chi connectivity index (χ3n) is 7.29. The summed E-state index contributed by atoms with van der Waals surface area (Å²) in [6.07, 6.45) is 0. The molecule has 198 valence electrons. The van der Waals surface area contributed by atoms with E-state index in [0.717, 1.165) is 0 Å². The van der Waals surface area contributed by atoms with E-state index in [2.05, 4.69) is 4.98 Å². The topological polar surface area (TPSA) is 17.8 Å². The molecule has 0 atom stereocenters. The molecule has 0 saturated carbocycles. The van der Waals surface area contributed by atoms with Crippen molar-refractivity contribution in [3.63, 3.8) is 0 Å². The van der Waals surface area contributed by atoms with Crippen LogP contribution in [0.15, 0.2) is 151 Å². The first-order chi connectivity index (χ1) is 27.4. The van der Waals surface area contributed by atoms with Crippen LogP contribution < -0.4 is 0 Å². The Balaban J connectivity index is 1.61. The molecule has 0 N–H and O–H groups in total. The average Bonchev–Trinajstić information content (AvgIpc) is 3.62. The quantitative estimate of drug-likeness (QED) is 0.199. The summed E-state index contributed by atoms with van der Waals surface area (Å²) < 4.78 is 141. The van der Waals surface area contributed by atoms with E-state index in [1.165, 1.54) is 16.7 Å². The average molecular weight is 553 g/mol. The Hall–Kier alpha value is -5.47. The highest BCUT2D eigenvalue weighted by Gasteiger charge is 2.19. The van der Waals surface area contributed by atoms with Crippen LogP contribution in [0.2, 0.25) is 0 Å². The number of hydrogen-bond acceptors (Lipinski definition) is 1. The Bertz CT molecular complexity index is 2990. The summed E-state index contributed by atoms with van der Waals surface area (Å²) in [6.45, 7) is -2.66. The van der Waals surface area contributed by atoms with Gasteiger partial charge in [0.05, 0.1) is 28.9 Å². The lowest BCUT2D eigenvalue weighted by Crippen LogP contribution is -1.98. The highest BCUT2D eigenvalue weighted by atomic mass is 15.1. The summed E-state index contributed by atoms with van der Waals surface area (Å²) in [5, 5.41) is -0.559. The van der Waals surface area contributed by atoms with Gasteiger partial charge in [0.1, 0.15) is 5.82 Å². The fourth-order valence-electron chi connectivity index (χ4n) is 5.57. The SMILES string of the molecule is [2H]c1c([2H])c([2H])c(-c2ccccc2-c2c3c([2H])c([2H])c([2H])c([2H])c3c(-c3cccc(-n4c(C([2H])([2H])[2H])nc5ccccc54)c3)c3c([2H])c([2H])c([2H])c([2H])c23)c([2H])c1[2H]. The van der Waals surface area contributed by atoms with E-state index >= 15 is 0 Å². The second-order valence-corrected chi connectivity index (χ2v) is 9.61. The Kier molecular flexibility index (Phi) is 3.06. The van der Waals surface area contributed by atoms with Crippen molar-refractivity contribution in [2.75, 3.05) is 0 Å². The standard InChI is InChI=1S/C40H28N2/c1-27-41-37-24-11-12-25-38(37)42(27)30-17-13-16-29(26-30)39-33-20-7-9-22-35(33)40(36-23-10-8-21-34(36)39)32-19-6-5-18-31(32)28-14-3-2-4-15-28/h2-26H,1H3/i1D3,2D,3D,4D,7D,8D,9D,10D,14D,15D,20D,21D,22D,23D. The number of hydrogen-bond donors (Lipinski definition) is 0. The highest BCUT2D eigenvalue weighted by molar-refractivity contribution is 6.22. The first-order valence-corrected chi connectivity index (χ1v) is 13.1. The number of aromatic nitrogens is 2. The molecule has 42 heavy (non-hydrogen) atoms. The van der Waals surface area contributed by atoms with Crippen molar-refractivity contribution < 1.29 is 21.9 Å². The molecular formula is C40H28N2. The van der Waals surface area contributed by atoms with Crippen LogP contribution in [0.1, 0.15) is 27.8 Å². The molecule has 8 aromatic rings. The fraction of sp³-hybridized carbons (Fsp3) is 0.0250. The second kappa shape index (κ2) is 9.87. The molecule has 0 unspecified atom stereocenters. The summed E-state index contributed by atoms with van der Waals surface area (Å²) in [5.74, 6) is -0.246. The summed E-state index contributed by atoms with van der Waals surface area (Å²) in [7, 11) is 0. The van der Waals surface area contributed by atoms with Crippen LogP contribution in [-0.2, 0) is 0 Å². The second-order valence-electron chi connectivity index (χ2n) is 9.61. The highest BCUT2D eigenvalue weighted by Crippen LogP contribution is 2.46. The Morgan fingerprint density at radius 3 is 1.90 bits per heavy atom. The van der Waals surface area contributed by atoms with Crippen LogP contribution in [-0.4, -0.2) is 9.55 Å². The van der Waals surface area contributed by atoms with Crippen LogP contribution in [0.25, 0.3) is 71.6 Å². The lowest BCUT2D eigenvalue weighted by molar-refractivity contribution is 1.00. The molecule has 0 amide bonds. The monoisotopic (exact) mass is 552 g/mol. The molecule has 0 aliphatic heterocycles. The van der Waals surface area contributed by atoms with E-state index in [1.54, 1.807) is 60.7 Å². The molecule has 0 fully saturated rings. The van der Waals surface area contributed by atoms with Crippen molar-refractivity contribution >= 4 is 32.6 Å². The van der Waals surface area contributed by atoms with Crippen molar-refractivity contribution in [1.29, 1.82) is 0 Å². The van der Waals surface area contributed by atoms with Crippen LogP contribution in [0.4, 0.5) is 0 Å². The number of imidazole rings is 1. The minimum Gasteiger partial charge on any atom is -0.297 e. The Labute approximate surface area is 267 Å². The van der Waals surface area contributed by atoms with Gasteiger partial charge in [-0.3, -0.25) is 4.57 Å². The predicted molar refractivity (Wildman–Crippen MR) is 177 cm³/mol. The zero-order chi connectivity index (χ0) is 41.9. The Morgan fingerprint density at radius 2 is 1.19 bits per heavy atom. The van der Waals surface area contributed by atoms with Gasteiger partial charge in [-0.15, -0.1) is 0 Å². The van der Waals surface area contributed by atoms with Gasteiger partial charge in [0, 0.05) is 9.80 Å². The minimum absolute atomic E-state index is 0.00902. The number of benzene rings is 7. The van der Waals surface area contributed by atoms with E-state index < -0.39 is 85.4 Å². The largest absolute Gasteiger partial charge is 0.297 e. The van der Waals surface area contributed by atoms with Gasteiger partial charge in [-0.2, -0.15) is 0 Å². The zero-order valence-corrected chi connectivity index (χ0v) is 21.8. The third kappa shape index (κ3) is 3.84. The van der Waals surface area contributed by atoms with Gasteiger partial charge < -0.3 is 0 Å². The summed E-state index contributed by atoms with van der Waals surface area (Å²) in [5.41, 5.74) is 1.24. The lowest BCUT2D eigenvalue weighted by Gasteiger charge is -2.20. The van der Waals surface area contributed by atoms with Gasteiger partial charge in [-0.25, -0.2) is 4.98 Å². The number of rotatable bonds is 4. The van der Waals surface area contributed by atoms with Crippen LogP contribution in [0.3, 0.4) is 0 Å². The minimum atomic E-state index is -2.66. The first-order valence-electron chi connectivity index (χ1n) is 21.1. The van der Waals surface area contributed by atoms with Crippen molar-refractivity contribution in [2.24, 2.45) is 0 Å². The number of para-hydroxylation sites is 2. The van der Waals surface area contributed by atoms with E-state index in [-0.39, 0.29) is 60.8 Å². The first kappa shape index (κ1) is 13.0. The summed E-state index contributed by atoms with van der Waals surface area (Å²) >= 11 is 0. The zero-order valence-electron chi connectivity index (χ0n) is 37.8. The van der Waals surface area contributed by atoms with Crippen LogP contribution in [0.5, 0.6) is 0 Å². The molecule has 0 saturated heterocycles. The normalized spacial score (nSPS) is 17.1. The molecule has 2 heteroatoms. The smallest absolute Gasteiger partial charge is 0.111 e. The molecule has 0 radical (unpaired) electrons. The molecule has 7 aromatic carbocycles. The van der Waals surface area contributed by atoms with Gasteiger partial charge in [0.15, 0.2) is 0 Å². The fourth-order valence-corrected chi connectivity index (χ4v) is 5.57. The Morgan fingerprint density at radius 1 is 0.571 bits per heavy atom. The van der Waals surface area contributed by atoms with E-state index in [0.29, 0.717) is 16.7 Å². The molecular weight excluding hydrogens is 508 g/mol. The van der Waals surface area contributed by atoms with Crippen LogP contribution >= 0.6 is 0 Å². The molecule has 0 aliphatic carbocycles.